The molecule has 5 nitrogen and oxygen atoms in total. The Kier molecular flexibility index (Phi) is 5.28. The molecule has 0 aliphatic heterocycles. The molecule has 108 valence electrons. The second kappa shape index (κ2) is 5.99. The van der Waals surface area contributed by atoms with E-state index in [1.54, 1.807) is 26.2 Å². The van der Waals surface area contributed by atoms with Crippen LogP contribution >= 0.6 is 8.22 Å². The Labute approximate surface area is 117 Å². The van der Waals surface area contributed by atoms with Crippen LogP contribution in [-0.4, -0.2) is 35.1 Å². The Morgan fingerprint density at radius 3 is 2.05 bits per heavy atom. The van der Waals surface area contributed by atoms with Crippen molar-refractivity contribution in [1.82, 2.24) is 10.2 Å². The van der Waals surface area contributed by atoms with Crippen LogP contribution in [0.4, 0.5) is 0 Å². The number of hydrogen-bond donors (Lipinski definition) is 3. The van der Waals surface area contributed by atoms with E-state index in [4.69, 9.17) is 0 Å². The molecule has 0 aliphatic rings. The smallest absolute Gasteiger partial charge is 0.283 e. The fourth-order valence-electron chi connectivity index (χ4n) is 1.92. The molecule has 0 aliphatic carbocycles. The van der Waals surface area contributed by atoms with Crippen molar-refractivity contribution >= 4 is 36.9 Å². The van der Waals surface area contributed by atoms with Gasteiger partial charge in [-0.3, -0.25) is 14.7 Å². The summed E-state index contributed by atoms with van der Waals surface area (Å²) in [7, 11) is -3.61. The van der Waals surface area contributed by atoms with E-state index in [0.29, 0.717) is 5.30 Å². The highest BCUT2D eigenvalue weighted by atomic mass is 32.2. The molecule has 0 bridgehead atoms. The predicted octanol–water partition coefficient (Wildman–Crippen LogP) is 0.854. The highest BCUT2D eigenvalue weighted by Gasteiger charge is 2.30. The first-order valence-electron chi connectivity index (χ1n) is 5.88. The normalized spacial score (nSPS) is 13.0. The molecule has 1 rings (SSSR count). The summed E-state index contributed by atoms with van der Waals surface area (Å²) in [5.74, 6) is 0. The van der Waals surface area contributed by atoms with Gasteiger partial charge in [-0.15, -0.1) is 0 Å². The lowest BCUT2D eigenvalue weighted by molar-refractivity contribution is 0.484. The summed E-state index contributed by atoms with van der Waals surface area (Å²) in [5.41, 5.74) is 0. The summed E-state index contributed by atoms with van der Waals surface area (Å²) >= 11 is 0. The second-order valence-electron chi connectivity index (χ2n) is 5.16. The first-order valence-corrected chi connectivity index (χ1v) is 12.2. The van der Waals surface area contributed by atoms with Crippen LogP contribution in [0.25, 0.3) is 0 Å². The molecule has 8 heteroatoms. The Hall–Kier alpha value is -0.303. The third kappa shape index (κ3) is 3.84. The highest BCUT2D eigenvalue weighted by Crippen LogP contribution is 2.26. The maximum absolute atomic E-state index is 11.8. The van der Waals surface area contributed by atoms with E-state index in [1.807, 2.05) is 6.07 Å². The Morgan fingerprint density at radius 2 is 1.68 bits per heavy atom. The van der Waals surface area contributed by atoms with Gasteiger partial charge in [0, 0.05) is 5.30 Å². The molecule has 0 spiro atoms. The minimum atomic E-state index is -4.24. The van der Waals surface area contributed by atoms with Gasteiger partial charge < -0.3 is 0 Å². The molecular formula is C11H21N2O3PSSi. The lowest BCUT2D eigenvalue weighted by atomic mass is 10.4. The molecule has 0 aromatic heterocycles. The fourth-order valence-corrected chi connectivity index (χ4v) is 7.30. The standard InChI is InChI=1S/C11H21N2O3PSSi/c1-12-17(13-2)9-7-6-8-10(19(3,4)5)11(9)18(14,15)16/h6-8,12-13H,1-5H3,(H,14,15,16). The zero-order valence-electron chi connectivity index (χ0n) is 11.9. The minimum Gasteiger partial charge on any atom is -0.283 e. The zero-order valence-corrected chi connectivity index (χ0v) is 14.6. The topological polar surface area (TPSA) is 78.4 Å². The van der Waals surface area contributed by atoms with Gasteiger partial charge in [0.25, 0.3) is 10.1 Å². The van der Waals surface area contributed by atoms with Gasteiger partial charge >= 0.3 is 0 Å². The quantitative estimate of drug-likeness (QED) is 0.426. The number of nitrogens with one attached hydrogen (secondary N) is 2. The van der Waals surface area contributed by atoms with Gasteiger partial charge in [-0.1, -0.05) is 37.8 Å². The van der Waals surface area contributed by atoms with Gasteiger partial charge in [-0.05, 0) is 19.3 Å². The van der Waals surface area contributed by atoms with Gasteiger partial charge in [0.2, 0.25) is 0 Å². The minimum absolute atomic E-state index is 0.0731. The van der Waals surface area contributed by atoms with E-state index in [-0.39, 0.29) is 4.90 Å². The molecule has 0 unspecified atom stereocenters. The summed E-state index contributed by atoms with van der Waals surface area (Å²) in [4.78, 5) is 0.0731. The third-order valence-electron chi connectivity index (χ3n) is 2.75. The van der Waals surface area contributed by atoms with Crippen molar-refractivity contribution in [2.75, 3.05) is 14.1 Å². The first kappa shape index (κ1) is 16.8. The van der Waals surface area contributed by atoms with E-state index in [9.17, 15) is 13.0 Å². The van der Waals surface area contributed by atoms with Crippen LogP contribution in [0.5, 0.6) is 0 Å². The highest BCUT2D eigenvalue weighted by molar-refractivity contribution is 7.87. The lowest BCUT2D eigenvalue weighted by Crippen LogP contribution is -2.44. The molecule has 0 atom stereocenters. The van der Waals surface area contributed by atoms with Crippen LogP contribution in [0.15, 0.2) is 23.1 Å². The largest absolute Gasteiger partial charge is 0.295 e. The van der Waals surface area contributed by atoms with Crippen LogP contribution < -0.4 is 20.7 Å². The molecule has 0 amide bonds. The molecule has 0 fully saturated rings. The van der Waals surface area contributed by atoms with Gasteiger partial charge in [0.05, 0.1) is 16.3 Å². The van der Waals surface area contributed by atoms with Gasteiger partial charge in [0.15, 0.2) is 0 Å². The van der Waals surface area contributed by atoms with Crippen LogP contribution in [0.3, 0.4) is 0 Å². The van der Waals surface area contributed by atoms with Crippen molar-refractivity contribution in [3.05, 3.63) is 18.2 Å². The van der Waals surface area contributed by atoms with Gasteiger partial charge in [0.1, 0.15) is 4.90 Å². The molecule has 1 aromatic carbocycles. The number of rotatable bonds is 5. The summed E-state index contributed by atoms with van der Waals surface area (Å²) in [5, 5.41) is 7.47. The van der Waals surface area contributed by atoms with E-state index < -0.39 is 26.4 Å². The van der Waals surface area contributed by atoms with E-state index in [0.717, 1.165) is 5.19 Å². The summed E-state index contributed by atoms with van der Waals surface area (Å²) in [6.45, 7) is 6.17. The monoisotopic (exact) mass is 320 g/mol. The molecule has 19 heavy (non-hydrogen) atoms. The van der Waals surface area contributed by atoms with Gasteiger partial charge in [-0.2, -0.15) is 8.42 Å². The average Bonchev–Trinajstić information content (AvgIpc) is 2.28. The van der Waals surface area contributed by atoms with Crippen molar-refractivity contribution in [3.63, 3.8) is 0 Å². The fraction of sp³-hybridized carbons (Fsp3) is 0.455. The first-order chi connectivity index (χ1) is 8.62. The number of benzene rings is 1. The molecule has 0 saturated carbocycles. The lowest BCUT2D eigenvalue weighted by Gasteiger charge is -2.24. The number of hydrogen-bond acceptors (Lipinski definition) is 4. The third-order valence-corrected chi connectivity index (χ3v) is 7.82. The maximum Gasteiger partial charge on any atom is 0.295 e. The molecule has 1 aromatic rings. The predicted molar refractivity (Wildman–Crippen MR) is 83.9 cm³/mol. The van der Waals surface area contributed by atoms with Crippen molar-refractivity contribution in [2.45, 2.75) is 24.5 Å². The van der Waals surface area contributed by atoms with Crippen molar-refractivity contribution < 1.29 is 13.0 Å². The van der Waals surface area contributed by atoms with Gasteiger partial charge in [-0.25, -0.2) is 0 Å². The summed E-state index contributed by atoms with van der Waals surface area (Å²) in [6, 6.07) is 5.39. The van der Waals surface area contributed by atoms with Crippen molar-refractivity contribution in [2.24, 2.45) is 0 Å². The van der Waals surface area contributed by atoms with E-state index in [2.05, 4.69) is 29.8 Å². The van der Waals surface area contributed by atoms with Crippen molar-refractivity contribution in [1.29, 1.82) is 0 Å². The maximum atomic E-state index is 11.8. The van der Waals surface area contributed by atoms with Crippen LogP contribution in [0.1, 0.15) is 0 Å². The van der Waals surface area contributed by atoms with E-state index in [1.165, 1.54) is 0 Å². The summed E-state index contributed by atoms with van der Waals surface area (Å²) in [6.07, 6.45) is 0. The molecule has 0 saturated heterocycles. The van der Waals surface area contributed by atoms with Crippen molar-refractivity contribution in [3.8, 4) is 0 Å². The van der Waals surface area contributed by atoms with Crippen LogP contribution in [0.2, 0.25) is 19.6 Å². The molecular weight excluding hydrogens is 299 g/mol. The Bertz CT molecular complexity index is 554. The molecule has 3 N–H and O–H groups in total. The SMILES string of the molecule is CNP(NC)c1cccc([Si](C)(C)C)c1S(=O)(=O)O. The summed E-state index contributed by atoms with van der Waals surface area (Å²) < 4.78 is 33.2. The molecule has 0 heterocycles. The Balaban J connectivity index is 3.67. The Morgan fingerprint density at radius 1 is 1.16 bits per heavy atom. The van der Waals surface area contributed by atoms with Crippen LogP contribution in [-0.2, 0) is 10.1 Å². The molecule has 0 radical (unpaired) electrons. The average molecular weight is 320 g/mol. The van der Waals surface area contributed by atoms with E-state index >= 15 is 0 Å². The second-order valence-corrected chi connectivity index (χ2v) is 13.6. The van der Waals surface area contributed by atoms with Crippen LogP contribution in [0, 0.1) is 0 Å². The zero-order chi connectivity index (χ0) is 14.8.